The molecule has 0 aliphatic heterocycles. The Labute approximate surface area is 188 Å². The maximum absolute atomic E-state index is 2.53. The predicted molar refractivity (Wildman–Crippen MR) is 134 cm³/mol. The highest BCUT2D eigenvalue weighted by molar-refractivity contribution is 7.26. The Hall–Kier alpha value is -2.71. The highest BCUT2D eigenvalue weighted by atomic mass is 32.1. The fraction of sp³-hybridized carbons (Fsp3) is 0.276. The van der Waals surface area contributed by atoms with Gasteiger partial charge in [0, 0.05) is 37.7 Å². The van der Waals surface area contributed by atoms with Crippen molar-refractivity contribution in [3.63, 3.8) is 0 Å². The van der Waals surface area contributed by atoms with Crippen molar-refractivity contribution in [3.05, 3.63) is 77.4 Å². The number of rotatable bonds is 2. The first-order valence-corrected chi connectivity index (χ1v) is 12.3. The molecule has 1 nitrogen and oxygen atoms in total. The monoisotopic (exact) mass is 422 g/mol. The third-order valence-electron chi connectivity index (χ3n) is 7.47. The Morgan fingerprint density at radius 3 is 2.35 bits per heavy atom. The summed E-state index contributed by atoms with van der Waals surface area (Å²) in [4.78, 5) is 0. The summed E-state index contributed by atoms with van der Waals surface area (Å²) in [6.45, 7) is 4.57. The van der Waals surface area contributed by atoms with Crippen LogP contribution >= 0.6 is 11.3 Å². The van der Waals surface area contributed by atoms with Crippen LogP contribution in [0, 0.1) is 13.8 Å². The van der Waals surface area contributed by atoms with Crippen molar-refractivity contribution in [2.75, 3.05) is 0 Å². The maximum Gasteiger partial charge on any atom is 0.214 e. The molecule has 2 aromatic heterocycles. The SMILES string of the molecule is Cc1cc2c(sc3ccccc32)c(-c2cc(C3CCCC3)c3ccccc3[n+]2C)c1C. The molecule has 0 saturated heterocycles. The smallest absolute Gasteiger partial charge is 0.194 e. The van der Waals surface area contributed by atoms with Gasteiger partial charge < -0.3 is 0 Å². The lowest BCUT2D eigenvalue weighted by molar-refractivity contribution is -0.633. The summed E-state index contributed by atoms with van der Waals surface area (Å²) in [6, 6.07) is 22.8. The average Bonchev–Trinajstić information content (AvgIpc) is 3.44. The Kier molecular flexibility index (Phi) is 4.40. The van der Waals surface area contributed by atoms with E-state index >= 15 is 0 Å². The van der Waals surface area contributed by atoms with Crippen LogP contribution in [0.3, 0.4) is 0 Å². The van der Waals surface area contributed by atoms with Crippen LogP contribution in [0.15, 0.2) is 60.7 Å². The van der Waals surface area contributed by atoms with Gasteiger partial charge in [0.15, 0.2) is 0 Å². The van der Waals surface area contributed by atoms with Gasteiger partial charge in [0.05, 0.1) is 5.56 Å². The van der Waals surface area contributed by atoms with Crippen molar-refractivity contribution in [1.82, 2.24) is 0 Å². The van der Waals surface area contributed by atoms with Gasteiger partial charge >= 0.3 is 0 Å². The Bertz CT molecular complexity index is 1470. The van der Waals surface area contributed by atoms with Crippen molar-refractivity contribution in [1.29, 1.82) is 0 Å². The van der Waals surface area contributed by atoms with E-state index in [9.17, 15) is 0 Å². The van der Waals surface area contributed by atoms with Crippen molar-refractivity contribution < 1.29 is 4.57 Å². The van der Waals surface area contributed by atoms with Crippen LogP contribution < -0.4 is 4.57 Å². The van der Waals surface area contributed by atoms with E-state index in [2.05, 4.69) is 86.1 Å². The van der Waals surface area contributed by atoms with Crippen LogP contribution in [0.5, 0.6) is 0 Å². The van der Waals surface area contributed by atoms with Gasteiger partial charge in [-0.05, 0) is 67.5 Å². The topological polar surface area (TPSA) is 3.88 Å². The molecule has 0 spiro atoms. The maximum atomic E-state index is 2.53. The molecule has 0 radical (unpaired) electrons. The van der Waals surface area contributed by atoms with Gasteiger partial charge in [-0.25, -0.2) is 0 Å². The number of thiophene rings is 1. The number of hydrogen-bond acceptors (Lipinski definition) is 1. The van der Waals surface area contributed by atoms with E-state index in [0.717, 1.165) is 0 Å². The summed E-state index contributed by atoms with van der Waals surface area (Å²) in [7, 11) is 2.25. The van der Waals surface area contributed by atoms with E-state index in [-0.39, 0.29) is 0 Å². The van der Waals surface area contributed by atoms with E-state index in [1.165, 1.54) is 79.1 Å². The van der Waals surface area contributed by atoms with Gasteiger partial charge in [-0.15, -0.1) is 11.3 Å². The lowest BCUT2D eigenvalue weighted by atomic mass is 9.90. The fourth-order valence-corrected chi connectivity index (χ4v) is 6.96. The highest BCUT2D eigenvalue weighted by Gasteiger charge is 2.27. The molecule has 1 fully saturated rings. The number of hydrogen-bond donors (Lipinski definition) is 0. The van der Waals surface area contributed by atoms with Crippen LogP contribution in [0.25, 0.3) is 42.3 Å². The molecule has 2 heteroatoms. The first-order valence-electron chi connectivity index (χ1n) is 11.5. The van der Waals surface area contributed by atoms with E-state index in [1.54, 1.807) is 5.56 Å². The van der Waals surface area contributed by atoms with Crippen molar-refractivity contribution in [3.8, 4) is 11.3 Å². The molecule has 1 saturated carbocycles. The Morgan fingerprint density at radius 2 is 1.55 bits per heavy atom. The van der Waals surface area contributed by atoms with Crippen LogP contribution in [0.4, 0.5) is 0 Å². The van der Waals surface area contributed by atoms with Crippen LogP contribution in [0.1, 0.15) is 48.3 Å². The highest BCUT2D eigenvalue weighted by Crippen LogP contribution is 2.44. The molecule has 0 atom stereocenters. The molecule has 1 aliphatic rings. The van der Waals surface area contributed by atoms with E-state index in [0.29, 0.717) is 5.92 Å². The number of pyridine rings is 1. The van der Waals surface area contributed by atoms with Gasteiger partial charge in [0.2, 0.25) is 11.2 Å². The van der Waals surface area contributed by atoms with E-state index in [1.807, 2.05) is 11.3 Å². The molecule has 31 heavy (non-hydrogen) atoms. The van der Waals surface area contributed by atoms with Gasteiger partial charge in [0.1, 0.15) is 7.05 Å². The lowest BCUT2D eigenvalue weighted by Crippen LogP contribution is -2.33. The number of fused-ring (bicyclic) bond motifs is 4. The minimum absolute atomic E-state index is 0.688. The number of nitrogens with zero attached hydrogens (tertiary/aromatic N) is 1. The average molecular weight is 423 g/mol. The summed E-state index contributed by atoms with van der Waals surface area (Å²) >= 11 is 1.94. The first-order chi connectivity index (χ1) is 15.1. The third kappa shape index (κ3) is 2.85. The summed E-state index contributed by atoms with van der Waals surface area (Å²) in [6.07, 6.45) is 5.36. The molecule has 154 valence electrons. The van der Waals surface area contributed by atoms with Crippen LogP contribution in [-0.4, -0.2) is 0 Å². The van der Waals surface area contributed by atoms with Gasteiger partial charge in [-0.3, -0.25) is 0 Å². The number of benzene rings is 3. The first kappa shape index (κ1) is 19.0. The molecule has 1 aliphatic carbocycles. The minimum Gasteiger partial charge on any atom is -0.194 e. The summed E-state index contributed by atoms with van der Waals surface area (Å²) < 4.78 is 5.23. The molecule has 0 amide bonds. The van der Waals surface area contributed by atoms with Gasteiger partial charge in [-0.2, -0.15) is 4.57 Å². The molecule has 2 heterocycles. The molecule has 5 aromatic rings. The molecular formula is C29H28NS+. The van der Waals surface area contributed by atoms with Crippen molar-refractivity contribution >= 4 is 42.4 Å². The molecule has 0 N–H and O–H groups in total. The standard InChI is InChI=1S/C29H28NS/c1-18-16-24-22-13-7-9-15-27(22)31-29(24)28(19(18)2)26-17-23(20-10-4-5-11-20)21-12-6-8-14-25(21)30(26)3/h6-9,12-17,20H,4-5,10-11H2,1-3H3/q+1. The molecular weight excluding hydrogens is 394 g/mol. The number of para-hydroxylation sites is 1. The van der Waals surface area contributed by atoms with Gasteiger partial charge in [-0.1, -0.05) is 43.2 Å². The Morgan fingerprint density at radius 1 is 0.839 bits per heavy atom. The van der Waals surface area contributed by atoms with Crippen LogP contribution in [-0.2, 0) is 7.05 Å². The normalized spacial score (nSPS) is 14.9. The second kappa shape index (κ2) is 7.17. The molecule has 3 aromatic carbocycles. The molecule has 6 rings (SSSR count). The molecule has 0 unspecified atom stereocenters. The van der Waals surface area contributed by atoms with E-state index in [4.69, 9.17) is 0 Å². The summed E-state index contributed by atoms with van der Waals surface area (Å²) in [5, 5.41) is 4.21. The number of aromatic nitrogens is 1. The molecule has 0 bridgehead atoms. The third-order valence-corrected chi connectivity index (χ3v) is 8.67. The van der Waals surface area contributed by atoms with Gasteiger partial charge in [0.25, 0.3) is 0 Å². The fourth-order valence-electron chi connectivity index (χ4n) is 5.67. The van der Waals surface area contributed by atoms with Crippen molar-refractivity contribution in [2.45, 2.75) is 45.4 Å². The second-order valence-corrected chi connectivity index (χ2v) is 10.3. The largest absolute Gasteiger partial charge is 0.214 e. The quantitative estimate of drug-likeness (QED) is 0.254. The van der Waals surface area contributed by atoms with E-state index < -0.39 is 0 Å². The Balaban J connectivity index is 1.74. The lowest BCUT2D eigenvalue weighted by Gasteiger charge is -2.16. The van der Waals surface area contributed by atoms with Crippen LogP contribution in [0.2, 0.25) is 0 Å². The van der Waals surface area contributed by atoms with Crippen molar-refractivity contribution in [2.24, 2.45) is 7.05 Å². The predicted octanol–water partition coefficient (Wildman–Crippen LogP) is 7.97. The number of aryl methyl sites for hydroxylation is 2. The summed E-state index contributed by atoms with van der Waals surface area (Å²) in [5.41, 5.74) is 8.46. The second-order valence-electron chi connectivity index (χ2n) is 9.21. The summed E-state index contributed by atoms with van der Waals surface area (Å²) in [5.74, 6) is 0.688. The zero-order valence-electron chi connectivity index (χ0n) is 18.5. The zero-order valence-corrected chi connectivity index (χ0v) is 19.4. The minimum atomic E-state index is 0.688. The zero-order chi connectivity index (χ0) is 21.1.